The van der Waals surface area contributed by atoms with Gasteiger partial charge in [0.05, 0.1) is 12.9 Å². The number of hydrogen-bond acceptors (Lipinski definition) is 8. The molecule has 1 heterocycles. The molecule has 1 aromatic carbocycles. The van der Waals surface area contributed by atoms with Crippen molar-refractivity contribution in [2.45, 2.75) is 25.6 Å². The maximum Gasteiger partial charge on any atom is 0.342 e. The Bertz CT molecular complexity index is 971. The number of hydrogen-bond donors (Lipinski definition) is 4. The average Bonchev–Trinajstić information content (AvgIpc) is 2.63. The van der Waals surface area contributed by atoms with E-state index in [1.807, 2.05) is 0 Å². The zero-order valence-electron chi connectivity index (χ0n) is 15.7. The summed E-state index contributed by atoms with van der Waals surface area (Å²) in [6, 6.07) is 2.27. The van der Waals surface area contributed by atoms with Gasteiger partial charge in [0.1, 0.15) is 22.8 Å². The molecule has 0 spiro atoms. The van der Waals surface area contributed by atoms with Crippen LogP contribution in [0.2, 0.25) is 0 Å². The number of carbonyl (C=O) groups excluding carboxylic acids is 2. The lowest BCUT2D eigenvalue weighted by Gasteiger charge is -2.36. The summed E-state index contributed by atoms with van der Waals surface area (Å²) in [4.78, 5) is 25.2. The van der Waals surface area contributed by atoms with Crippen LogP contribution in [0.15, 0.2) is 59.6 Å². The molecule has 4 N–H and O–H groups in total. The van der Waals surface area contributed by atoms with E-state index in [1.165, 1.54) is 50.5 Å². The van der Waals surface area contributed by atoms with Crippen LogP contribution in [0.4, 0.5) is 0 Å². The predicted octanol–water partition coefficient (Wildman–Crippen LogP) is 1.54. The minimum atomic E-state index is -2.05. The molecule has 2 aliphatic rings. The van der Waals surface area contributed by atoms with Crippen molar-refractivity contribution < 1.29 is 39.5 Å². The maximum atomic E-state index is 12.7. The van der Waals surface area contributed by atoms with E-state index >= 15 is 0 Å². The number of aryl methyl sites for hydroxylation is 1. The maximum absolute atomic E-state index is 12.7. The second kappa shape index (κ2) is 7.57. The topological polar surface area (TPSA) is 134 Å². The summed E-state index contributed by atoms with van der Waals surface area (Å²) in [5, 5.41) is 39.1. The largest absolute Gasteiger partial charge is 0.508 e. The molecule has 0 saturated heterocycles. The zero-order valence-corrected chi connectivity index (χ0v) is 15.7. The van der Waals surface area contributed by atoms with Crippen molar-refractivity contribution in [1.29, 1.82) is 0 Å². The Morgan fingerprint density at radius 2 is 2.03 bits per heavy atom. The molecule has 3 rings (SSSR count). The lowest BCUT2D eigenvalue weighted by atomic mass is 9.79. The predicted molar refractivity (Wildman–Crippen MR) is 101 cm³/mol. The van der Waals surface area contributed by atoms with E-state index in [2.05, 4.69) is 0 Å². The van der Waals surface area contributed by atoms with Crippen LogP contribution in [-0.2, 0) is 14.3 Å². The quantitative estimate of drug-likeness (QED) is 0.559. The SMILES string of the molecule is Cc1cc(O)cc(O)c1C(=O)O[C@H]1C2=COC(/C=C/CO)=CC2=CC(=O)[C@@]1(C)O. The number of aliphatic hydroxyl groups is 2. The molecule has 2 atom stereocenters. The first-order chi connectivity index (χ1) is 13.6. The standard InChI is InChI=1S/C21H20O8/c1-11-6-13(23)9-16(24)18(11)20(26)29-19-15-10-28-14(4-3-5-22)7-12(15)8-17(25)21(19,2)27/h3-4,6-10,19,22-24,27H,5H2,1-2H3/b4-3+/t19-,21+/m0/s1. The van der Waals surface area contributed by atoms with Crippen LogP contribution in [0.25, 0.3) is 0 Å². The molecule has 0 aromatic heterocycles. The van der Waals surface area contributed by atoms with Crippen molar-refractivity contribution in [3.8, 4) is 11.5 Å². The molecule has 1 aliphatic carbocycles. The van der Waals surface area contributed by atoms with E-state index < -0.39 is 29.2 Å². The monoisotopic (exact) mass is 400 g/mol. The number of carbonyl (C=O) groups is 2. The molecule has 8 heteroatoms. The second-order valence-corrected chi connectivity index (χ2v) is 6.88. The zero-order chi connectivity index (χ0) is 21.3. The van der Waals surface area contributed by atoms with Gasteiger partial charge in [0, 0.05) is 11.6 Å². The van der Waals surface area contributed by atoms with Crippen molar-refractivity contribution in [2.75, 3.05) is 6.61 Å². The van der Waals surface area contributed by atoms with Crippen LogP contribution in [0.5, 0.6) is 11.5 Å². The van der Waals surface area contributed by atoms with Crippen LogP contribution in [0, 0.1) is 6.92 Å². The summed E-state index contributed by atoms with van der Waals surface area (Å²) in [6.45, 7) is 2.52. The van der Waals surface area contributed by atoms with Crippen molar-refractivity contribution in [2.24, 2.45) is 0 Å². The molecule has 8 nitrogen and oxygen atoms in total. The van der Waals surface area contributed by atoms with Crippen molar-refractivity contribution in [3.63, 3.8) is 0 Å². The number of ketones is 1. The molecular weight excluding hydrogens is 380 g/mol. The highest BCUT2D eigenvalue weighted by Crippen LogP contribution is 2.37. The highest BCUT2D eigenvalue weighted by atomic mass is 16.6. The van der Waals surface area contributed by atoms with Crippen LogP contribution in [-0.4, -0.2) is 50.5 Å². The van der Waals surface area contributed by atoms with Gasteiger partial charge in [-0.15, -0.1) is 0 Å². The van der Waals surface area contributed by atoms with Gasteiger partial charge in [-0.25, -0.2) is 4.79 Å². The third kappa shape index (κ3) is 3.80. The summed E-state index contributed by atoms with van der Waals surface area (Å²) in [5.41, 5.74) is -1.34. The minimum Gasteiger partial charge on any atom is -0.508 e. The van der Waals surface area contributed by atoms with Crippen LogP contribution in [0.3, 0.4) is 0 Å². The number of aromatic hydroxyl groups is 2. The van der Waals surface area contributed by atoms with Gasteiger partial charge in [0.15, 0.2) is 17.5 Å². The number of phenolic OH excluding ortho intramolecular Hbond substituents is 2. The Morgan fingerprint density at radius 1 is 1.31 bits per heavy atom. The summed E-state index contributed by atoms with van der Waals surface area (Å²) < 4.78 is 10.8. The lowest BCUT2D eigenvalue weighted by molar-refractivity contribution is -0.140. The second-order valence-electron chi connectivity index (χ2n) is 6.88. The fourth-order valence-electron chi connectivity index (χ4n) is 3.14. The van der Waals surface area contributed by atoms with Gasteiger partial charge in [-0.3, -0.25) is 4.79 Å². The summed E-state index contributed by atoms with van der Waals surface area (Å²) in [6.07, 6.45) is 5.54. The number of allylic oxidation sites excluding steroid dienone is 2. The molecule has 152 valence electrons. The first kappa shape index (κ1) is 20.4. The van der Waals surface area contributed by atoms with Gasteiger partial charge < -0.3 is 29.9 Å². The highest BCUT2D eigenvalue weighted by molar-refractivity contribution is 6.02. The molecular formula is C21H20O8. The number of ether oxygens (including phenoxy) is 2. The molecule has 0 radical (unpaired) electrons. The number of aliphatic hydroxyl groups excluding tert-OH is 1. The highest BCUT2D eigenvalue weighted by Gasteiger charge is 2.48. The molecule has 0 bridgehead atoms. The van der Waals surface area contributed by atoms with E-state index in [4.69, 9.17) is 14.6 Å². The lowest BCUT2D eigenvalue weighted by Crippen LogP contribution is -2.52. The average molecular weight is 400 g/mol. The fourth-order valence-corrected chi connectivity index (χ4v) is 3.14. The number of rotatable bonds is 4. The van der Waals surface area contributed by atoms with Crippen molar-refractivity contribution >= 4 is 11.8 Å². The van der Waals surface area contributed by atoms with E-state index in [9.17, 15) is 24.9 Å². The number of phenols is 2. The molecule has 0 unspecified atom stereocenters. The normalized spacial score (nSPS) is 23.7. The summed E-state index contributed by atoms with van der Waals surface area (Å²) in [5.74, 6) is -2.01. The molecule has 1 aromatic rings. The van der Waals surface area contributed by atoms with Crippen LogP contribution in [0.1, 0.15) is 22.8 Å². The van der Waals surface area contributed by atoms with Gasteiger partial charge in [-0.2, -0.15) is 0 Å². The molecule has 29 heavy (non-hydrogen) atoms. The van der Waals surface area contributed by atoms with Crippen LogP contribution >= 0.6 is 0 Å². The third-order valence-corrected chi connectivity index (χ3v) is 4.65. The number of esters is 1. The summed E-state index contributed by atoms with van der Waals surface area (Å²) >= 11 is 0. The molecule has 0 amide bonds. The Kier molecular flexibility index (Phi) is 5.32. The van der Waals surface area contributed by atoms with Crippen molar-refractivity contribution in [3.05, 3.63) is 70.7 Å². The first-order valence-electron chi connectivity index (χ1n) is 8.73. The van der Waals surface area contributed by atoms with E-state index in [1.54, 1.807) is 0 Å². The summed E-state index contributed by atoms with van der Waals surface area (Å²) in [7, 11) is 0. The van der Waals surface area contributed by atoms with Gasteiger partial charge in [0.2, 0.25) is 0 Å². The van der Waals surface area contributed by atoms with Crippen molar-refractivity contribution in [1.82, 2.24) is 0 Å². The van der Waals surface area contributed by atoms with Gasteiger partial charge in [0.25, 0.3) is 0 Å². The fraction of sp³-hybridized carbons (Fsp3) is 0.238. The Morgan fingerprint density at radius 3 is 2.69 bits per heavy atom. The molecule has 0 fully saturated rings. The smallest absolute Gasteiger partial charge is 0.342 e. The molecule has 0 saturated carbocycles. The Balaban J connectivity index is 1.96. The van der Waals surface area contributed by atoms with E-state index in [0.717, 1.165) is 6.07 Å². The Labute approximate surface area is 166 Å². The van der Waals surface area contributed by atoms with Gasteiger partial charge >= 0.3 is 5.97 Å². The molecule has 1 aliphatic heterocycles. The first-order valence-corrected chi connectivity index (χ1v) is 8.73. The van der Waals surface area contributed by atoms with E-state index in [-0.39, 0.29) is 29.1 Å². The van der Waals surface area contributed by atoms with Gasteiger partial charge in [-0.1, -0.05) is 6.08 Å². The number of benzene rings is 1. The Hall–Kier alpha value is -3.36. The third-order valence-electron chi connectivity index (χ3n) is 4.65. The van der Waals surface area contributed by atoms with Gasteiger partial charge in [-0.05, 0) is 49.3 Å². The van der Waals surface area contributed by atoms with E-state index in [0.29, 0.717) is 11.3 Å². The van der Waals surface area contributed by atoms with Crippen LogP contribution < -0.4 is 0 Å². The minimum absolute atomic E-state index is 0.193. The number of fused-ring (bicyclic) bond motifs is 1.